The first kappa shape index (κ1) is 14.6. The minimum Gasteiger partial charge on any atom is -0.394 e. The average molecular weight is 260 g/mol. The third-order valence-electron chi connectivity index (χ3n) is 3.38. The van der Waals surface area contributed by atoms with Crippen molar-refractivity contribution >= 4 is 17.8 Å². The number of carbonyl (C=O) groups excluding carboxylic acids is 1. The van der Waals surface area contributed by atoms with Gasteiger partial charge in [0.2, 0.25) is 0 Å². The quantitative estimate of drug-likeness (QED) is 0.712. The van der Waals surface area contributed by atoms with E-state index in [-0.39, 0.29) is 18.7 Å². The van der Waals surface area contributed by atoms with Crippen molar-refractivity contribution in [3.05, 3.63) is 0 Å². The Balaban J connectivity index is 2.23. The predicted molar refractivity (Wildman–Crippen MR) is 72.4 cm³/mol. The number of amides is 2. The number of aliphatic hydroxyl groups is 1. The van der Waals surface area contributed by atoms with E-state index >= 15 is 0 Å². The number of aliphatic hydroxyl groups excluding tert-OH is 1. The molecular weight excluding hydrogens is 236 g/mol. The first-order chi connectivity index (χ1) is 8.20. The second kappa shape index (κ2) is 7.82. The second-order valence-electron chi connectivity index (χ2n) is 4.64. The molecular formula is C12H24N2O2S. The van der Waals surface area contributed by atoms with E-state index in [1.165, 1.54) is 0 Å². The Bertz CT molecular complexity index is 239. The topological polar surface area (TPSA) is 52.6 Å². The van der Waals surface area contributed by atoms with Gasteiger partial charge >= 0.3 is 6.03 Å². The average Bonchev–Trinajstić information content (AvgIpc) is 2.70. The molecule has 2 N–H and O–H groups in total. The molecule has 1 heterocycles. The van der Waals surface area contributed by atoms with Gasteiger partial charge in [-0.3, -0.25) is 0 Å². The summed E-state index contributed by atoms with van der Waals surface area (Å²) in [6, 6.07) is -0.0150. The minimum absolute atomic E-state index is 0.00111. The molecule has 1 rings (SSSR count). The number of hydrogen-bond donors (Lipinski definition) is 2. The van der Waals surface area contributed by atoms with Crippen molar-refractivity contribution < 1.29 is 9.90 Å². The van der Waals surface area contributed by atoms with Gasteiger partial charge < -0.3 is 15.3 Å². The lowest BCUT2D eigenvalue weighted by molar-refractivity contribution is 0.144. The van der Waals surface area contributed by atoms with E-state index in [1.807, 2.05) is 11.8 Å². The second-order valence-corrected chi connectivity index (χ2v) is 5.63. The molecule has 0 aromatic carbocycles. The third kappa shape index (κ3) is 4.39. The molecule has 0 aliphatic carbocycles. The Morgan fingerprint density at radius 2 is 2.29 bits per heavy atom. The van der Waals surface area contributed by atoms with Crippen LogP contribution in [-0.4, -0.2) is 53.8 Å². The van der Waals surface area contributed by atoms with Crippen molar-refractivity contribution in [1.29, 1.82) is 0 Å². The van der Waals surface area contributed by atoms with Crippen molar-refractivity contribution in [3.63, 3.8) is 0 Å². The number of rotatable bonds is 6. The fourth-order valence-corrected chi connectivity index (χ4v) is 2.70. The Hall–Kier alpha value is -0.420. The largest absolute Gasteiger partial charge is 0.394 e. The van der Waals surface area contributed by atoms with E-state index in [9.17, 15) is 9.90 Å². The Labute approximate surface area is 108 Å². The highest BCUT2D eigenvalue weighted by atomic mass is 32.2. The van der Waals surface area contributed by atoms with E-state index in [4.69, 9.17) is 0 Å². The highest BCUT2D eigenvalue weighted by molar-refractivity contribution is 7.98. The maximum atomic E-state index is 11.9. The molecule has 17 heavy (non-hydrogen) atoms. The molecule has 0 aromatic heterocycles. The molecule has 1 aliphatic rings. The molecule has 4 nitrogen and oxygen atoms in total. The number of unbranched alkanes of at least 4 members (excludes halogenated alkanes) is 1. The lowest BCUT2D eigenvalue weighted by atomic mass is 10.0. The molecule has 1 aliphatic heterocycles. The zero-order chi connectivity index (χ0) is 12.7. The van der Waals surface area contributed by atoms with E-state index in [1.54, 1.807) is 4.90 Å². The van der Waals surface area contributed by atoms with Crippen molar-refractivity contribution in [3.8, 4) is 0 Å². The summed E-state index contributed by atoms with van der Waals surface area (Å²) < 4.78 is 0. The number of nitrogens with zero attached hydrogens (tertiary/aromatic N) is 1. The summed E-state index contributed by atoms with van der Waals surface area (Å²) >= 11 is 1.83. The zero-order valence-electron chi connectivity index (χ0n) is 10.8. The van der Waals surface area contributed by atoms with Crippen LogP contribution in [0.5, 0.6) is 0 Å². The SMILES string of the molecule is CSCCCCNC(=O)N1CC[C@@H](C)[C@H]1CO. The molecule has 1 saturated heterocycles. The van der Waals surface area contributed by atoms with E-state index in [2.05, 4.69) is 18.5 Å². The lowest BCUT2D eigenvalue weighted by Crippen LogP contribution is -2.45. The van der Waals surface area contributed by atoms with E-state index in [0.717, 1.165) is 38.1 Å². The van der Waals surface area contributed by atoms with Gasteiger partial charge in [0.25, 0.3) is 0 Å². The van der Waals surface area contributed by atoms with Crippen LogP contribution in [0.2, 0.25) is 0 Å². The fourth-order valence-electron chi connectivity index (χ4n) is 2.21. The first-order valence-electron chi connectivity index (χ1n) is 6.35. The fraction of sp³-hybridized carbons (Fsp3) is 0.917. The summed E-state index contributed by atoms with van der Waals surface area (Å²) in [6.07, 6.45) is 5.25. The minimum atomic E-state index is -0.0162. The summed E-state index contributed by atoms with van der Waals surface area (Å²) in [5.74, 6) is 1.55. The van der Waals surface area contributed by atoms with Crippen LogP contribution in [0.4, 0.5) is 4.79 Å². The Kier molecular flexibility index (Phi) is 6.73. The monoisotopic (exact) mass is 260 g/mol. The summed E-state index contributed by atoms with van der Waals surface area (Å²) in [6.45, 7) is 3.67. The van der Waals surface area contributed by atoms with Crippen LogP contribution in [0.3, 0.4) is 0 Å². The first-order valence-corrected chi connectivity index (χ1v) is 7.74. The van der Waals surface area contributed by atoms with Crippen LogP contribution in [0, 0.1) is 5.92 Å². The van der Waals surface area contributed by atoms with Gasteiger partial charge in [-0.25, -0.2) is 4.79 Å². The molecule has 2 atom stereocenters. The number of urea groups is 1. The number of thioether (sulfide) groups is 1. The van der Waals surface area contributed by atoms with E-state index < -0.39 is 0 Å². The van der Waals surface area contributed by atoms with Crippen molar-refractivity contribution in [1.82, 2.24) is 10.2 Å². The van der Waals surface area contributed by atoms with Crippen LogP contribution < -0.4 is 5.32 Å². The van der Waals surface area contributed by atoms with Gasteiger partial charge in [0, 0.05) is 13.1 Å². The highest BCUT2D eigenvalue weighted by Crippen LogP contribution is 2.23. The number of carbonyl (C=O) groups is 1. The van der Waals surface area contributed by atoms with Gasteiger partial charge in [-0.1, -0.05) is 6.92 Å². The number of likely N-dealkylation sites (tertiary alicyclic amines) is 1. The third-order valence-corrected chi connectivity index (χ3v) is 4.08. The lowest BCUT2D eigenvalue weighted by Gasteiger charge is -2.25. The number of hydrogen-bond acceptors (Lipinski definition) is 3. The molecule has 0 saturated carbocycles. The van der Waals surface area contributed by atoms with Gasteiger partial charge in [0.05, 0.1) is 12.6 Å². The molecule has 5 heteroatoms. The normalized spacial score (nSPS) is 24.1. The van der Waals surface area contributed by atoms with Crippen molar-refractivity contribution in [2.24, 2.45) is 5.92 Å². The molecule has 0 bridgehead atoms. The van der Waals surface area contributed by atoms with Gasteiger partial charge in [0.1, 0.15) is 0 Å². The van der Waals surface area contributed by atoms with Gasteiger partial charge in [-0.2, -0.15) is 11.8 Å². The standard InChI is InChI=1S/C12H24N2O2S/c1-10-5-7-14(11(10)9-15)12(16)13-6-3-4-8-17-2/h10-11,15H,3-9H2,1-2H3,(H,13,16)/t10-,11-/m1/s1. The maximum Gasteiger partial charge on any atom is 0.317 e. The van der Waals surface area contributed by atoms with Gasteiger partial charge in [-0.05, 0) is 37.2 Å². The van der Waals surface area contributed by atoms with Crippen LogP contribution in [0.25, 0.3) is 0 Å². The molecule has 0 radical (unpaired) electrons. The predicted octanol–water partition coefficient (Wildman–Crippen LogP) is 1.54. The summed E-state index contributed by atoms with van der Waals surface area (Å²) in [5, 5.41) is 12.2. The molecule has 2 amide bonds. The maximum absolute atomic E-state index is 11.9. The van der Waals surface area contributed by atoms with E-state index in [0.29, 0.717) is 5.92 Å². The molecule has 0 aromatic rings. The van der Waals surface area contributed by atoms with Crippen LogP contribution in [0.15, 0.2) is 0 Å². The van der Waals surface area contributed by atoms with Gasteiger partial charge in [-0.15, -0.1) is 0 Å². The van der Waals surface area contributed by atoms with Crippen LogP contribution >= 0.6 is 11.8 Å². The zero-order valence-corrected chi connectivity index (χ0v) is 11.6. The number of nitrogens with one attached hydrogen (secondary N) is 1. The Morgan fingerprint density at radius 1 is 1.53 bits per heavy atom. The smallest absolute Gasteiger partial charge is 0.317 e. The molecule has 100 valence electrons. The van der Waals surface area contributed by atoms with Crippen LogP contribution in [0.1, 0.15) is 26.2 Å². The molecule has 1 fully saturated rings. The van der Waals surface area contributed by atoms with Crippen LogP contribution in [-0.2, 0) is 0 Å². The van der Waals surface area contributed by atoms with Gasteiger partial charge in [0.15, 0.2) is 0 Å². The highest BCUT2D eigenvalue weighted by Gasteiger charge is 2.33. The summed E-state index contributed by atoms with van der Waals surface area (Å²) in [5.41, 5.74) is 0. The summed E-state index contributed by atoms with van der Waals surface area (Å²) in [7, 11) is 0. The summed E-state index contributed by atoms with van der Waals surface area (Å²) in [4.78, 5) is 13.7. The Morgan fingerprint density at radius 3 is 2.94 bits per heavy atom. The van der Waals surface area contributed by atoms with Crippen molar-refractivity contribution in [2.45, 2.75) is 32.2 Å². The molecule has 0 spiro atoms. The molecule has 0 unspecified atom stereocenters. The van der Waals surface area contributed by atoms with Crippen molar-refractivity contribution in [2.75, 3.05) is 31.7 Å².